The number of nitrogens with one attached hydrogen (secondary N) is 1. The van der Waals surface area contributed by atoms with Crippen LogP contribution in [-0.2, 0) is 14.8 Å². The second-order valence-electron chi connectivity index (χ2n) is 4.84. The summed E-state index contributed by atoms with van der Waals surface area (Å²) in [5.74, 6) is 0.370. The fourth-order valence-electron chi connectivity index (χ4n) is 2.20. The Kier molecular flexibility index (Phi) is 6.08. The van der Waals surface area contributed by atoms with E-state index in [-0.39, 0.29) is 17.7 Å². The van der Waals surface area contributed by atoms with E-state index < -0.39 is 10.0 Å². The van der Waals surface area contributed by atoms with Gasteiger partial charge in [-0.2, -0.15) is 0 Å². The standard InChI is InChI=1S/C12H24N2O3S/c1-3-5-12(15)14-8-6-11(7-9-14)13-18(16,17)10-4-2/h11,13H,3-10H2,1-2H3. The molecule has 0 aromatic carbocycles. The van der Waals surface area contributed by atoms with Crippen LogP contribution in [0.5, 0.6) is 0 Å². The molecule has 6 heteroatoms. The van der Waals surface area contributed by atoms with Gasteiger partial charge in [0.15, 0.2) is 0 Å². The molecular weight excluding hydrogens is 252 g/mol. The van der Waals surface area contributed by atoms with Gasteiger partial charge < -0.3 is 4.90 Å². The zero-order valence-electron chi connectivity index (χ0n) is 11.3. The highest BCUT2D eigenvalue weighted by molar-refractivity contribution is 7.89. The predicted molar refractivity (Wildman–Crippen MR) is 71.7 cm³/mol. The van der Waals surface area contributed by atoms with Crippen molar-refractivity contribution in [1.82, 2.24) is 9.62 Å². The molecule has 18 heavy (non-hydrogen) atoms. The van der Waals surface area contributed by atoms with E-state index >= 15 is 0 Å². The molecule has 1 aliphatic heterocycles. The van der Waals surface area contributed by atoms with Gasteiger partial charge in [-0.3, -0.25) is 4.79 Å². The second-order valence-corrected chi connectivity index (χ2v) is 6.72. The van der Waals surface area contributed by atoms with Gasteiger partial charge in [0, 0.05) is 25.6 Å². The van der Waals surface area contributed by atoms with Crippen LogP contribution >= 0.6 is 0 Å². The maximum Gasteiger partial charge on any atom is 0.222 e. The summed E-state index contributed by atoms with van der Waals surface area (Å²) in [6.07, 6.45) is 3.52. The number of sulfonamides is 1. The summed E-state index contributed by atoms with van der Waals surface area (Å²) >= 11 is 0. The number of carbonyl (C=O) groups excluding carboxylic acids is 1. The molecule has 1 amide bonds. The van der Waals surface area contributed by atoms with Crippen molar-refractivity contribution in [1.29, 1.82) is 0 Å². The highest BCUT2D eigenvalue weighted by Gasteiger charge is 2.24. The number of likely N-dealkylation sites (tertiary alicyclic amines) is 1. The molecule has 1 rings (SSSR count). The van der Waals surface area contributed by atoms with Gasteiger partial charge in [0.05, 0.1) is 5.75 Å². The zero-order chi connectivity index (χ0) is 13.6. The number of nitrogens with zero attached hydrogens (tertiary/aromatic N) is 1. The summed E-state index contributed by atoms with van der Waals surface area (Å²) in [6, 6.07) is -0.00720. The monoisotopic (exact) mass is 276 g/mol. The Morgan fingerprint density at radius 1 is 1.22 bits per heavy atom. The molecule has 0 bridgehead atoms. The Morgan fingerprint density at radius 2 is 1.83 bits per heavy atom. The topological polar surface area (TPSA) is 66.5 Å². The lowest BCUT2D eigenvalue weighted by Gasteiger charge is -2.32. The van der Waals surface area contributed by atoms with Gasteiger partial charge in [-0.15, -0.1) is 0 Å². The van der Waals surface area contributed by atoms with Crippen molar-refractivity contribution in [3.05, 3.63) is 0 Å². The van der Waals surface area contributed by atoms with E-state index in [9.17, 15) is 13.2 Å². The summed E-state index contributed by atoms with van der Waals surface area (Å²) in [5.41, 5.74) is 0. The Balaban J connectivity index is 2.38. The van der Waals surface area contributed by atoms with Gasteiger partial charge in [0.2, 0.25) is 15.9 Å². The van der Waals surface area contributed by atoms with Gasteiger partial charge in [-0.05, 0) is 25.7 Å². The molecule has 0 atom stereocenters. The van der Waals surface area contributed by atoms with Crippen molar-refractivity contribution in [3.63, 3.8) is 0 Å². The molecule has 106 valence electrons. The SMILES string of the molecule is CCCC(=O)N1CCC(NS(=O)(=O)CCC)CC1. The second kappa shape index (κ2) is 7.09. The first kappa shape index (κ1) is 15.4. The lowest BCUT2D eigenvalue weighted by molar-refractivity contribution is -0.132. The fourth-order valence-corrected chi connectivity index (χ4v) is 3.60. The zero-order valence-corrected chi connectivity index (χ0v) is 12.1. The van der Waals surface area contributed by atoms with Crippen LogP contribution in [-0.4, -0.2) is 44.1 Å². The largest absolute Gasteiger partial charge is 0.343 e. The van der Waals surface area contributed by atoms with Crippen LogP contribution in [0.1, 0.15) is 46.0 Å². The lowest BCUT2D eigenvalue weighted by atomic mass is 10.1. The van der Waals surface area contributed by atoms with Crippen LogP contribution in [0.25, 0.3) is 0 Å². The molecule has 0 saturated carbocycles. The minimum atomic E-state index is -3.13. The molecule has 0 aromatic heterocycles. The van der Waals surface area contributed by atoms with Gasteiger partial charge in [0.1, 0.15) is 0 Å². The van der Waals surface area contributed by atoms with Gasteiger partial charge in [-0.25, -0.2) is 13.1 Å². The van der Waals surface area contributed by atoms with E-state index in [0.29, 0.717) is 25.9 Å². The van der Waals surface area contributed by atoms with Crippen LogP contribution in [0.3, 0.4) is 0 Å². The molecule has 5 nitrogen and oxygen atoms in total. The first-order valence-corrected chi connectivity index (χ1v) is 8.41. The van der Waals surface area contributed by atoms with Crippen molar-refractivity contribution >= 4 is 15.9 Å². The number of hydrogen-bond donors (Lipinski definition) is 1. The molecule has 0 unspecified atom stereocenters. The number of hydrogen-bond acceptors (Lipinski definition) is 3. The molecule has 0 aromatic rings. The van der Waals surface area contributed by atoms with Crippen LogP contribution < -0.4 is 4.72 Å². The van der Waals surface area contributed by atoms with E-state index in [1.54, 1.807) is 0 Å². The smallest absolute Gasteiger partial charge is 0.222 e. The van der Waals surface area contributed by atoms with E-state index in [4.69, 9.17) is 0 Å². The van der Waals surface area contributed by atoms with Crippen molar-refractivity contribution in [2.24, 2.45) is 0 Å². The maximum absolute atomic E-state index is 11.7. The number of rotatable bonds is 6. The van der Waals surface area contributed by atoms with Gasteiger partial charge in [-0.1, -0.05) is 13.8 Å². The minimum absolute atomic E-state index is 0.00720. The Bertz CT molecular complexity index is 360. The maximum atomic E-state index is 11.7. The normalized spacial score (nSPS) is 18.0. The van der Waals surface area contributed by atoms with Gasteiger partial charge in [0.25, 0.3) is 0 Å². The summed E-state index contributed by atoms with van der Waals surface area (Å²) < 4.78 is 26.0. The Morgan fingerprint density at radius 3 is 2.33 bits per heavy atom. The van der Waals surface area contributed by atoms with Crippen molar-refractivity contribution in [2.45, 2.75) is 52.0 Å². The van der Waals surface area contributed by atoms with Crippen LogP contribution in [0.4, 0.5) is 0 Å². The summed E-state index contributed by atoms with van der Waals surface area (Å²) in [4.78, 5) is 13.5. The third kappa shape index (κ3) is 4.94. The first-order chi connectivity index (χ1) is 8.48. The van der Waals surface area contributed by atoms with Crippen LogP contribution in [0.2, 0.25) is 0 Å². The van der Waals surface area contributed by atoms with Crippen LogP contribution in [0.15, 0.2) is 0 Å². The molecule has 1 N–H and O–H groups in total. The molecule has 1 aliphatic rings. The third-order valence-electron chi connectivity index (χ3n) is 3.13. The summed E-state index contributed by atoms with van der Waals surface area (Å²) in [5, 5.41) is 0. The molecule has 0 radical (unpaired) electrons. The average Bonchev–Trinajstić information content (AvgIpc) is 2.29. The minimum Gasteiger partial charge on any atom is -0.343 e. The fraction of sp³-hybridized carbons (Fsp3) is 0.917. The quantitative estimate of drug-likeness (QED) is 0.790. The first-order valence-electron chi connectivity index (χ1n) is 6.76. The Labute approximate surface area is 110 Å². The highest BCUT2D eigenvalue weighted by Crippen LogP contribution is 2.13. The lowest BCUT2D eigenvalue weighted by Crippen LogP contribution is -2.46. The molecule has 1 saturated heterocycles. The molecule has 1 heterocycles. The predicted octanol–water partition coefficient (Wildman–Crippen LogP) is 1.11. The molecule has 1 fully saturated rings. The van der Waals surface area contributed by atoms with E-state index in [0.717, 1.165) is 19.3 Å². The van der Waals surface area contributed by atoms with Crippen molar-refractivity contribution in [3.8, 4) is 0 Å². The number of piperidine rings is 1. The Hall–Kier alpha value is -0.620. The molecule has 0 spiro atoms. The average molecular weight is 276 g/mol. The number of amides is 1. The van der Waals surface area contributed by atoms with Crippen molar-refractivity contribution < 1.29 is 13.2 Å². The van der Waals surface area contributed by atoms with E-state index in [1.807, 2.05) is 18.7 Å². The molecule has 0 aliphatic carbocycles. The van der Waals surface area contributed by atoms with Crippen LogP contribution in [0, 0.1) is 0 Å². The highest BCUT2D eigenvalue weighted by atomic mass is 32.2. The third-order valence-corrected chi connectivity index (χ3v) is 4.77. The van der Waals surface area contributed by atoms with Crippen molar-refractivity contribution in [2.75, 3.05) is 18.8 Å². The van der Waals surface area contributed by atoms with Gasteiger partial charge >= 0.3 is 0 Å². The molecular formula is C12H24N2O3S. The van der Waals surface area contributed by atoms with E-state index in [1.165, 1.54) is 0 Å². The summed E-state index contributed by atoms with van der Waals surface area (Å²) in [7, 11) is -3.13. The number of carbonyl (C=O) groups is 1. The summed E-state index contributed by atoms with van der Waals surface area (Å²) in [6.45, 7) is 5.17. The van der Waals surface area contributed by atoms with E-state index in [2.05, 4.69) is 4.72 Å².